The van der Waals surface area contributed by atoms with Gasteiger partial charge < -0.3 is 9.88 Å². The van der Waals surface area contributed by atoms with E-state index in [1.54, 1.807) is 0 Å². The minimum atomic E-state index is 1.06. The fourth-order valence-electron chi connectivity index (χ4n) is 1.12. The molecular weight excluding hydrogens is 136 g/mol. The SMILES string of the molecule is CCNCCc1ccn(C)c1. The van der Waals surface area contributed by atoms with Crippen molar-refractivity contribution < 1.29 is 0 Å². The first-order chi connectivity index (χ1) is 5.33. The molecule has 1 heterocycles. The lowest BCUT2D eigenvalue weighted by molar-refractivity contribution is 0.716. The lowest BCUT2D eigenvalue weighted by Gasteiger charge is -1.97. The molecule has 62 valence electrons. The summed E-state index contributed by atoms with van der Waals surface area (Å²) in [5, 5.41) is 3.30. The maximum Gasteiger partial charge on any atom is 0.0106 e. The molecule has 1 aromatic rings. The van der Waals surface area contributed by atoms with Crippen molar-refractivity contribution in [2.75, 3.05) is 13.1 Å². The van der Waals surface area contributed by atoms with Crippen LogP contribution in [0.2, 0.25) is 0 Å². The third-order valence-corrected chi connectivity index (χ3v) is 1.73. The van der Waals surface area contributed by atoms with Crippen LogP contribution in [0.15, 0.2) is 18.5 Å². The minimum Gasteiger partial charge on any atom is -0.357 e. The van der Waals surface area contributed by atoms with Gasteiger partial charge in [-0.15, -0.1) is 0 Å². The highest BCUT2D eigenvalue weighted by atomic mass is 14.9. The van der Waals surface area contributed by atoms with Crippen LogP contribution < -0.4 is 5.32 Å². The zero-order valence-electron chi connectivity index (χ0n) is 7.30. The molecule has 0 saturated heterocycles. The predicted molar refractivity (Wildman–Crippen MR) is 47.7 cm³/mol. The summed E-state index contributed by atoms with van der Waals surface area (Å²) in [6.07, 6.45) is 5.38. The van der Waals surface area contributed by atoms with E-state index in [2.05, 4.69) is 42.3 Å². The lowest BCUT2D eigenvalue weighted by atomic mass is 10.2. The van der Waals surface area contributed by atoms with Gasteiger partial charge in [-0.25, -0.2) is 0 Å². The van der Waals surface area contributed by atoms with Crippen LogP contribution in [0.1, 0.15) is 12.5 Å². The van der Waals surface area contributed by atoms with E-state index in [0.29, 0.717) is 0 Å². The Morgan fingerprint density at radius 3 is 2.91 bits per heavy atom. The lowest BCUT2D eigenvalue weighted by Crippen LogP contribution is -2.15. The zero-order valence-corrected chi connectivity index (χ0v) is 7.30. The fraction of sp³-hybridized carbons (Fsp3) is 0.556. The quantitative estimate of drug-likeness (QED) is 0.641. The van der Waals surface area contributed by atoms with Gasteiger partial charge in [0.25, 0.3) is 0 Å². The first-order valence-electron chi connectivity index (χ1n) is 4.14. The summed E-state index contributed by atoms with van der Waals surface area (Å²) in [4.78, 5) is 0. The second-order valence-corrected chi connectivity index (χ2v) is 2.79. The fourth-order valence-corrected chi connectivity index (χ4v) is 1.12. The van der Waals surface area contributed by atoms with Crippen LogP contribution in [0, 0.1) is 0 Å². The molecule has 0 fully saturated rings. The molecule has 0 aliphatic rings. The molecule has 1 N–H and O–H groups in total. The maximum atomic E-state index is 3.30. The van der Waals surface area contributed by atoms with Crippen LogP contribution >= 0.6 is 0 Å². The summed E-state index contributed by atoms with van der Waals surface area (Å²) in [6.45, 7) is 4.28. The maximum absolute atomic E-state index is 3.30. The Labute approximate surface area is 68.2 Å². The molecule has 0 aliphatic carbocycles. The average Bonchev–Trinajstić information content (AvgIpc) is 2.37. The number of aromatic nitrogens is 1. The highest BCUT2D eigenvalue weighted by Gasteiger charge is 1.92. The topological polar surface area (TPSA) is 17.0 Å². The van der Waals surface area contributed by atoms with Crippen molar-refractivity contribution >= 4 is 0 Å². The average molecular weight is 152 g/mol. The van der Waals surface area contributed by atoms with Gasteiger partial charge in [0.2, 0.25) is 0 Å². The van der Waals surface area contributed by atoms with Crippen LogP contribution in [0.4, 0.5) is 0 Å². The molecule has 0 unspecified atom stereocenters. The largest absolute Gasteiger partial charge is 0.357 e. The summed E-state index contributed by atoms with van der Waals surface area (Å²) in [5.41, 5.74) is 1.41. The number of hydrogen-bond acceptors (Lipinski definition) is 1. The van der Waals surface area contributed by atoms with E-state index in [9.17, 15) is 0 Å². The molecule has 1 rings (SSSR count). The second kappa shape index (κ2) is 4.19. The highest BCUT2D eigenvalue weighted by molar-refractivity contribution is 5.10. The molecule has 2 nitrogen and oxygen atoms in total. The van der Waals surface area contributed by atoms with E-state index in [1.807, 2.05) is 0 Å². The van der Waals surface area contributed by atoms with Gasteiger partial charge in [-0.3, -0.25) is 0 Å². The molecule has 11 heavy (non-hydrogen) atoms. The van der Waals surface area contributed by atoms with Crippen LogP contribution in [0.3, 0.4) is 0 Å². The zero-order chi connectivity index (χ0) is 8.10. The molecular formula is C9H16N2. The van der Waals surface area contributed by atoms with Crippen molar-refractivity contribution in [2.24, 2.45) is 7.05 Å². The highest BCUT2D eigenvalue weighted by Crippen LogP contribution is 1.98. The van der Waals surface area contributed by atoms with Gasteiger partial charge in [0.15, 0.2) is 0 Å². The smallest absolute Gasteiger partial charge is 0.0106 e. The van der Waals surface area contributed by atoms with Gasteiger partial charge >= 0.3 is 0 Å². The molecule has 0 spiro atoms. The summed E-state index contributed by atoms with van der Waals surface area (Å²) in [5.74, 6) is 0. The molecule has 0 bridgehead atoms. The van der Waals surface area contributed by atoms with Crippen molar-refractivity contribution in [3.8, 4) is 0 Å². The van der Waals surface area contributed by atoms with Gasteiger partial charge in [-0.2, -0.15) is 0 Å². The van der Waals surface area contributed by atoms with Crippen molar-refractivity contribution in [3.05, 3.63) is 24.0 Å². The first kappa shape index (κ1) is 8.34. The van der Waals surface area contributed by atoms with Crippen LogP contribution in [-0.2, 0) is 13.5 Å². The van der Waals surface area contributed by atoms with Crippen LogP contribution in [-0.4, -0.2) is 17.7 Å². The normalized spacial score (nSPS) is 10.4. The van der Waals surface area contributed by atoms with Gasteiger partial charge in [0, 0.05) is 19.4 Å². The van der Waals surface area contributed by atoms with E-state index in [4.69, 9.17) is 0 Å². The molecule has 0 amide bonds. The number of nitrogens with one attached hydrogen (secondary N) is 1. The minimum absolute atomic E-state index is 1.06. The van der Waals surface area contributed by atoms with Crippen molar-refractivity contribution in [3.63, 3.8) is 0 Å². The Bertz CT molecular complexity index is 203. The number of likely N-dealkylation sites (N-methyl/N-ethyl adjacent to an activating group) is 1. The van der Waals surface area contributed by atoms with Crippen molar-refractivity contribution in [1.29, 1.82) is 0 Å². The summed E-state index contributed by atoms with van der Waals surface area (Å²) in [7, 11) is 2.05. The molecule has 0 aliphatic heterocycles. The molecule has 0 atom stereocenters. The predicted octanol–water partition coefficient (Wildman–Crippen LogP) is 1.18. The standard InChI is InChI=1S/C9H16N2/c1-3-10-6-4-9-5-7-11(2)8-9/h5,7-8,10H,3-4,6H2,1-2H3. The van der Waals surface area contributed by atoms with Crippen LogP contribution in [0.25, 0.3) is 0 Å². The third kappa shape index (κ3) is 2.76. The second-order valence-electron chi connectivity index (χ2n) is 2.79. The Morgan fingerprint density at radius 2 is 2.36 bits per heavy atom. The Hall–Kier alpha value is -0.760. The Morgan fingerprint density at radius 1 is 1.55 bits per heavy atom. The van der Waals surface area contributed by atoms with Gasteiger partial charge in [0.1, 0.15) is 0 Å². The van der Waals surface area contributed by atoms with Crippen LogP contribution in [0.5, 0.6) is 0 Å². The first-order valence-corrected chi connectivity index (χ1v) is 4.14. The Balaban J connectivity index is 2.27. The monoisotopic (exact) mass is 152 g/mol. The van der Waals surface area contributed by atoms with Gasteiger partial charge in [-0.05, 0) is 31.1 Å². The molecule has 2 heteroatoms. The van der Waals surface area contributed by atoms with E-state index >= 15 is 0 Å². The molecule has 0 radical (unpaired) electrons. The van der Waals surface area contributed by atoms with E-state index < -0.39 is 0 Å². The van der Waals surface area contributed by atoms with Gasteiger partial charge in [0.05, 0.1) is 0 Å². The Kier molecular flexibility index (Phi) is 3.17. The van der Waals surface area contributed by atoms with E-state index in [-0.39, 0.29) is 0 Å². The van der Waals surface area contributed by atoms with Gasteiger partial charge in [-0.1, -0.05) is 6.92 Å². The molecule has 0 saturated carbocycles. The third-order valence-electron chi connectivity index (χ3n) is 1.73. The van der Waals surface area contributed by atoms with E-state index in [1.165, 1.54) is 5.56 Å². The number of nitrogens with zero attached hydrogens (tertiary/aromatic N) is 1. The van der Waals surface area contributed by atoms with E-state index in [0.717, 1.165) is 19.5 Å². The van der Waals surface area contributed by atoms with Crippen molar-refractivity contribution in [1.82, 2.24) is 9.88 Å². The summed E-state index contributed by atoms with van der Waals surface area (Å²) in [6, 6.07) is 2.16. The number of rotatable bonds is 4. The number of aryl methyl sites for hydroxylation is 1. The number of hydrogen-bond donors (Lipinski definition) is 1. The summed E-state index contributed by atoms with van der Waals surface area (Å²) >= 11 is 0. The molecule has 0 aromatic carbocycles. The van der Waals surface area contributed by atoms with Crippen molar-refractivity contribution in [2.45, 2.75) is 13.3 Å². The molecule has 1 aromatic heterocycles. The summed E-state index contributed by atoms with van der Waals surface area (Å²) < 4.78 is 2.08.